The van der Waals surface area contributed by atoms with Crippen LogP contribution in [0.1, 0.15) is 48.9 Å². The topological polar surface area (TPSA) is 72.3 Å². The zero-order chi connectivity index (χ0) is 15.1. The third-order valence-corrected chi connectivity index (χ3v) is 4.55. The van der Waals surface area contributed by atoms with Crippen molar-refractivity contribution < 1.29 is 4.79 Å². The number of hydrogen-bond acceptors (Lipinski definition) is 4. The summed E-state index contributed by atoms with van der Waals surface area (Å²) in [6.07, 6.45) is 3.01. The molecule has 1 rings (SSSR count). The van der Waals surface area contributed by atoms with Crippen molar-refractivity contribution in [1.29, 1.82) is 0 Å². The van der Waals surface area contributed by atoms with Gasteiger partial charge < -0.3 is 11.5 Å². The van der Waals surface area contributed by atoms with E-state index in [-0.39, 0.29) is 24.5 Å². The molecule has 5 heteroatoms. The number of amides is 1. The van der Waals surface area contributed by atoms with Gasteiger partial charge in [0.05, 0.1) is 12.6 Å². The average Bonchev–Trinajstić information content (AvgIpc) is 2.81. The van der Waals surface area contributed by atoms with Crippen LogP contribution in [0, 0.1) is 6.92 Å². The van der Waals surface area contributed by atoms with Gasteiger partial charge in [0.15, 0.2) is 0 Å². The molecule has 2 unspecified atom stereocenters. The predicted octanol–water partition coefficient (Wildman–Crippen LogP) is 2.42. The van der Waals surface area contributed by atoms with Gasteiger partial charge in [-0.3, -0.25) is 9.69 Å². The number of carbonyl (C=O) groups is 1. The standard InChI is InChI=1S/C15H27N3OS/c1-4-6-9-18(10-14(17)19)15(12(16)5-2)13-8-7-11(3)20-13/h7-8,12,15H,4-6,9-10,16H2,1-3H3,(H2,17,19). The van der Waals surface area contributed by atoms with Crippen LogP contribution in [0.2, 0.25) is 0 Å². The van der Waals surface area contributed by atoms with Crippen molar-refractivity contribution >= 4 is 17.2 Å². The molecule has 0 aromatic carbocycles. The lowest BCUT2D eigenvalue weighted by atomic mass is 10.0. The normalized spacial score (nSPS) is 14.4. The lowest BCUT2D eigenvalue weighted by molar-refractivity contribution is -0.119. The van der Waals surface area contributed by atoms with Gasteiger partial charge in [0, 0.05) is 15.8 Å². The summed E-state index contributed by atoms with van der Waals surface area (Å²) in [6, 6.07) is 4.33. The third kappa shape index (κ3) is 4.89. The van der Waals surface area contributed by atoms with Gasteiger partial charge in [-0.1, -0.05) is 20.3 Å². The van der Waals surface area contributed by atoms with Crippen LogP contribution in [0.25, 0.3) is 0 Å². The molecule has 0 aliphatic carbocycles. The minimum absolute atomic E-state index is 0.0178. The Kier molecular flexibility index (Phi) is 7.19. The fourth-order valence-corrected chi connectivity index (χ4v) is 3.46. The molecule has 114 valence electrons. The van der Waals surface area contributed by atoms with Crippen LogP contribution in [0.5, 0.6) is 0 Å². The molecule has 0 saturated heterocycles. The van der Waals surface area contributed by atoms with E-state index in [4.69, 9.17) is 11.5 Å². The Morgan fingerprint density at radius 1 is 1.40 bits per heavy atom. The Morgan fingerprint density at radius 2 is 2.10 bits per heavy atom. The number of primary amides is 1. The Morgan fingerprint density at radius 3 is 2.55 bits per heavy atom. The van der Waals surface area contributed by atoms with E-state index in [1.165, 1.54) is 9.75 Å². The largest absolute Gasteiger partial charge is 0.369 e. The number of unbranched alkanes of at least 4 members (excludes halogenated alkanes) is 1. The first kappa shape index (κ1) is 17.1. The van der Waals surface area contributed by atoms with Crippen molar-refractivity contribution in [2.24, 2.45) is 11.5 Å². The van der Waals surface area contributed by atoms with Gasteiger partial charge >= 0.3 is 0 Å². The summed E-state index contributed by atoms with van der Waals surface area (Å²) in [5.74, 6) is -0.289. The van der Waals surface area contributed by atoms with E-state index in [0.717, 1.165) is 25.8 Å². The van der Waals surface area contributed by atoms with Crippen LogP contribution in [-0.2, 0) is 4.79 Å². The lowest BCUT2D eigenvalue weighted by Crippen LogP contribution is -2.44. The van der Waals surface area contributed by atoms with Crippen LogP contribution >= 0.6 is 11.3 Å². The second-order valence-corrected chi connectivity index (χ2v) is 6.58. The van der Waals surface area contributed by atoms with E-state index in [9.17, 15) is 4.79 Å². The number of hydrogen-bond donors (Lipinski definition) is 2. The third-order valence-electron chi connectivity index (χ3n) is 3.48. The number of thiophene rings is 1. The fraction of sp³-hybridized carbons (Fsp3) is 0.667. The molecule has 1 heterocycles. The van der Waals surface area contributed by atoms with Gasteiger partial charge in [-0.15, -0.1) is 11.3 Å². The molecule has 0 saturated carbocycles. The maximum atomic E-state index is 11.4. The summed E-state index contributed by atoms with van der Waals surface area (Å²) < 4.78 is 0. The van der Waals surface area contributed by atoms with E-state index in [0.29, 0.717) is 0 Å². The fourth-order valence-electron chi connectivity index (χ4n) is 2.38. The molecule has 1 aromatic heterocycles. The Bertz CT molecular complexity index is 419. The highest BCUT2D eigenvalue weighted by molar-refractivity contribution is 7.12. The second-order valence-electron chi connectivity index (χ2n) is 5.26. The van der Waals surface area contributed by atoms with Crippen molar-refractivity contribution in [3.63, 3.8) is 0 Å². The summed E-state index contributed by atoms with van der Waals surface area (Å²) in [6.45, 7) is 7.45. The maximum absolute atomic E-state index is 11.4. The molecule has 4 nitrogen and oxygen atoms in total. The van der Waals surface area contributed by atoms with E-state index >= 15 is 0 Å². The highest BCUT2D eigenvalue weighted by Gasteiger charge is 2.27. The molecular weight excluding hydrogens is 270 g/mol. The minimum atomic E-state index is -0.289. The maximum Gasteiger partial charge on any atom is 0.231 e. The van der Waals surface area contributed by atoms with Crippen LogP contribution < -0.4 is 11.5 Å². The van der Waals surface area contributed by atoms with Gasteiger partial charge in [-0.2, -0.15) is 0 Å². The second kappa shape index (κ2) is 8.39. The summed E-state index contributed by atoms with van der Waals surface area (Å²) in [5.41, 5.74) is 11.7. The predicted molar refractivity (Wildman–Crippen MR) is 85.7 cm³/mol. The Labute approximate surface area is 126 Å². The Balaban J connectivity index is 2.99. The quantitative estimate of drug-likeness (QED) is 0.735. The van der Waals surface area contributed by atoms with Crippen LogP contribution in [0.3, 0.4) is 0 Å². The van der Waals surface area contributed by atoms with Crippen molar-refractivity contribution in [3.05, 3.63) is 21.9 Å². The summed E-state index contributed by atoms with van der Waals surface area (Å²) in [4.78, 5) is 16.0. The smallest absolute Gasteiger partial charge is 0.231 e. The number of nitrogens with two attached hydrogens (primary N) is 2. The van der Waals surface area contributed by atoms with E-state index in [2.05, 4.69) is 37.8 Å². The van der Waals surface area contributed by atoms with Crippen molar-refractivity contribution in [2.75, 3.05) is 13.1 Å². The molecule has 4 N–H and O–H groups in total. The zero-order valence-electron chi connectivity index (χ0n) is 12.8. The molecule has 1 amide bonds. The molecule has 1 aromatic rings. The van der Waals surface area contributed by atoms with Gasteiger partial charge in [-0.25, -0.2) is 0 Å². The summed E-state index contributed by atoms with van der Waals surface area (Å²) in [5, 5.41) is 0. The van der Waals surface area contributed by atoms with Crippen molar-refractivity contribution in [2.45, 2.75) is 52.1 Å². The van der Waals surface area contributed by atoms with Crippen molar-refractivity contribution in [1.82, 2.24) is 4.90 Å². The summed E-state index contributed by atoms with van der Waals surface area (Å²) >= 11 is 1.75. The number of rotatable bonds is 9. The van der Waals surface area contributed by atoms with E-state index in [1.807, 2.05) is 0 Å². The molecule has 0 bridgehead atoms. The van der Waals surface area contributed by atoms with Gasteiger partial charge in [0.1, 0.15) is 0 Å². The molecule has 0 fully saturated rings. The first-order valence-corrected chi connectivity index (χ1v) is 8.15. The lowest BCUT2D eigenvalue weighted by Gasteiger charge is -2.34. The SMILES string of the molecule is CCCCN(CC(N)=O)C(c1ccc(C)s1)C(N)CC. The zero-order valence-corrected chi connectivity index (χ0v) is 13.6. The first-order valence-electron chi connectivity index (χ1n) is 7.33. The first-order chi connectivity index (χ1) is 9.49. The monoisotopic (exact) mass is 297 g/mol. The van der Waals surface area contributed by atoms with Gasteiger partial charge in [0.25, 0.3) is 0 Å². The molecular formula is C15H27N3OS. The number of carbonyl (C=O) groups excluding carboxylic acids is 1. The highest BCUT2D eigenvalue weighted by Crippen LogP contribution is 2.30. The van der Waals surface area contributed by atoms with Crippen LogP contribution in [0.15, 0.2) is 12.1 Å². The van der Waals surface area contributed by atoms with Crippen LogP contribution in [-0.4, -0.2) is 29.9 Å². The highest BCUT2D eigenvalue weighted by atomic mass is 32.1. The average molecular weight is 297 g/mol. The number of nitrogens with zero attached hydrogens (tertiary/aromatic N) is 1. The van der Waals surface area contributed by atoms with E-state index in [1.54, 1.807) is 11.3 Å². The Hall–Kier alpha value is -0.910. The molecule has 0 spiro atoms. The summed E-state index contributed by atoms with van der Waals surface area (Å²) in [7, 11) is 0. The molecule has 20 heavy (non-hydrogen) atoms. The van der Waals surface area contributed by atoms with Gasteiger partial charge in [0.2, 0.25) is 5.91 Å². The molecule has 0 aliphatic rings. The van der Waals surface area contributed by atoms with Crippen LogP contribution in [0.4, 0.5) is 0 Å². The molecule has 0 radical (unpaired) electrons. The van der Waals surface area contributed by atoms with Gasteiger partial charge in [-0.05, 0) is 38.4 Å². The van der Waals surface area contributed by atoms with Crippen molar-refractivity contribution in [3.8, 4) is 0 Å². The molecule has 0 aliphatic heterocycles. The van der Waals surface area contributed by atoms with E-state index < -0.39 is 0 Å². The number of aryl methyl sites for hydroxylation is 1. The molecule has 2 atom stereocenters. The minimum Gasteiger partial charge on any atom is -0.369 e.